The topological polar surface area (TPSA) is 37.4 Å². The Morgan fingerprint density at radius 3 is 2.53 bits per heavy atom. The summed E-state index contributed by atoms with van der Waals surface area (Å²) in [6, 6.07) is 7.66. The minimum atomic E-state index is -2.82. The van der Waals surface area contributed by atoms with Gasteiger partial charge in [-0.25, -0.2) is 12.7 Å². The molecule has 0 N–H and O–H groups in total. The highest BCUT2D eigenvalue weighted by Crippen LogP contribution is 2.28. The summed E-state index contributed by atoms with van der Waals surface area (Å²) >= 11 is 7.37. The van der Waals surface area contributed by atoms with Crippen LogP contribution in [0.2, 0.25) is 5.02 Å². The van der Waals surface area contributed by atoms with E-state index >= 15 is 0 Å². The summed E-state index contributed by atoms with van der Waals surface area (Å²) in [4.78, 5) is 1.07. The molecule has 1 aliphatic heterocycles. The van der Waals surface area contributed by atoms with Crippen LogP contribution in [0.1, 0.15) is 6.42 Å². The van der Waals surface area contributed by atoms with Crippen LogP contribution in [0.4, 0.5) is 0 Å². The highest BCUT2D eigenvalue weighted by Gasteiger charge is 2.30. The Labute approximate surface area is 111 Å². The molecule has 0 amide bonds. The highest BCUT2D eigenvalue weighted by atomic mass is 35.5. The van der Waals surface area contributed by atoms with Gasteiger partial charge in [0.25, 0.3) is 0 Å². The maximum Gasteiger partial charge on any atom is 0.151 e. The smallest absolute Gasteiger partial charge is 0.151 e. The maximum absolute atomic E-state index is 11.4. The van der Waals surface area contributed by atoms with Gasteiger partial charge in [-0.1, -0.05) is 11.6 Å². The second-order valence-corrected chi connectivity index (χ2v) is 8.04. The van der Waals surface area contributed by atoms with Crippen LogP contribution in [0.5, 0.6) is 0 Å². The molecule has 1 aliphatic rings. The summed E-state index contributed by atoms with van der Waals surface area (Å²) in [5.41, 5.74) is 0. The van der Waals surface area contributed by atoms with Crippen LogP contribution < -0.4 is 0 Å². The molecule has 1 atom stereocenters. The van der Waals surface area contributed by atoms with Crippen molar-refractivity contribution >= 4 is 33.4 Å². The number of sulfone groups is 1. The monoisotopic (exact) mass is 291 g/mol. The Morgan fingerprint density at radius 1 is 1.35 bits per heavy atom. The predicted molar refractivity (Wildman–Crippen MR) is 72.1 cm³/mol. The molecule has 94 valence electrons. The van der Waals surface area contributed by atoms with Gasteiger partial charge in [-0.15, -0.1) is 0 Å². The highest BCUT2D eigenvalue weighted by molar-refractivity contribution is 7.97. The minimum Gasteiger partial charge on any atom is -0.245 e. The molecule has 1 aromatic carbocycles. The van der Waals surface area contributed by atoms with E-state index in [4.69, 9.17) is 11.6 Å². The molecule has 1 heterocycles. The van der Waals surface area contributed by atoms with Gasteiger partial charge in [0.2, 0.25) is 0 Å². The first-order chi connectivity index (χ1) is 7.96. The van der Waals surface area contributed by atoms with E-state index in [-0.39, 0.29) is 11.8 Å². The van der Waals surface area contributed by atoms with Gasteiger partial charge in [-0.2, -0.15) is 0 Å². The Hall–Kier alpha value is -0.230. The van der Waals surface area contributed by atoms with Crippen molar-refractivity contribution in [3.05, 3.63) is 29.3 Å². The minimum absolute atomic E-state index is 0.112. The summed E-state index contributed by atoms with van der Waals surface area (Å²) in [7, 11) is -0.880. The van der Waals surface area contributed by atoms with Gasteiger partial charge in [0, 0.05) is 16.0 Å². The number of hydrogen-bond donors (Lipinski definition) is 0. The predicted octanol–water partition coefficient (Wildman–Crippen LogP) is 2.47. The van der Waals surface area contributed by atoms with Crippen LogP contribution in [0.3, 0.4) is 0 Å². The quantitative estimate of drug-likeness (QED) is 0.802. The Bertz CT molecular complexity index is 487. The van der Waals surface area contributed by atoms with Gasteiger partial charge in [-0.05, 0) is 49.7 Å². The van der Waals surface area contributed by atoms with Crippen LogP contribution in [0.25, 0.3) is 0 Å². The molecular weight excluding hydrogens is 278 g/mol. The Balaban J connectivity index is 1.98. The van der Waals surface area contributed by atoms with Gasteiger partial charge in [0.1, 0.15) is 0 Å². The van der Waals surface area contributed by atoms with Crippen molar-refractivity contribution in [3.8, 4) is 0 Å². The zero-order chi connectivity index (χ0) is 12.5. The summed E-state index contributed by atoms with van der Waals surface area (Å²) in [5, 5.41) is 0.709. The SMILES string of the molecule is CN(Sc1ccc(Cl)cc1)C1CCS(=O)(=O)C1. The normalized spacial score (nSPS) is 23.1. The molecule has 0 aromatic heterocycles. The van der Waals surface area contributed by atoms with Gasteiger partial charge in [-0.3, -0.25) is 0 Å². The third-order valence-corrected chi connectivity index (χ3v) is 5.86. The van der Waals surface area contributed by atoms with Crippen LogP contribution >= 0.6 is 23.5 Å². The molecule has 0 radical (unpaired) electrons. The van der Waals surface area contributed by atoms with Crippen molar-refractivity contribution in [1.29, 1.82) is 0 Å². The molecule has 1 unspecified atom stereocenters. The molecule has 1 aromatic rings. The first kappa shape index (κ1) is 13.2. The summed E-state index contributed by atoms with van der Waals surface area (Å²) in [6.45, 7) is 0. The van der Waals surface area contributed by atoms with E-state index in [1.54, 1.807) is 11.9 Å². The molecule has 6 heteroatoms. The number of rotatable bonds is 3. The lowest BCUT2D eigenvalue weighted by Gasteiger charge is -2.21. The van der Waals surface area contributed by atoms with Crippen LogP contribution in [0.15, 0.2) is 29.2 Å². The molecule has 2 rings (SSSR count). The summed E-state index contributed by atoms with van der Waals surface area (Å²) < 4.78 is 24.8. The maximum atomic E-state index is 11.4. The molecule has 1 saturated heterocycles. The molecule has 1 fully saturated rings. The number of hydrogen-bond acceptors (Lipinski definition) is 4. The molecule has 0 spiro atoms. The van der Waals surface area contributed by atoms with Gasteiger partial charge < -0.3 is 0 Å². The Morgan fingerprint density at radius 2 is 2.00 bits per heavy atom. The van der Waals surface area contributed by atoms with Crippen molar-refractivity contribution in [2.45, 2.75) is 17.4 Å². The Kier molecular flexibility index (Phi) is 4.02. The number of halogens is 1. The van der Waals surface area contributed by atoms with Crippen molar-refractivity contribution in [1.82, 2.24) is 4.31 Å². The lowest BCUT2D eigenvalue weighted by Crippen LogP contribution is -2.26. The van der Waals surface area contributed by atoms with Gasteiger partial charge in [0.05, 0.1) is 11.5 Å². The number of nitrogens with zero attached hydrogens (tertiary/aromatic N) is 1. The van der Waals surface area contributed by atoms with Crippen LogP contribution in [-0.4, -0.2) is 37.3 Å². The fraction of sp³-hybridized carbons (Fsp3) is 0.455. The fourth-order valence-corrected chi connectivity index (χ4v) is 4.71. The first-order valence-corrected chi connectivity index (χ1v) is 8.30. The third kappa shape index (κ3) is 3.61. The van der Waals surface area contributed by atoms with Gasteiger partial charge in [0.15, 0.2) is 9.84 Å². The lowest BCUT2D eigenvalue weighted by molar-refractivity contribution is 0.443. The van der Waals surface area contributed by atoms with Gasteiger partial charge >= 0.3 is 0 Å². The van der Waals surface area contributed by atoms with E-state index in [9.17, 15) is 8.42 Å². The second kappa shape index (κ2) is 5.18. The van der Waals surface area contributed by atoms with Crippen molar-refractivity contribution in [2.24, 2.45) is 0 Å². The van der Waals surface area contributed by atoms with E-state index < -0.39 is 9.84 Å². The fourth-order valence-electron chi connectivity index (χ4n) is 1.80. The largest absolute Gasteiger partial charge is 0.245 e. The molecule has 0 saturated carbocycles. The molecule has 17 heavy (non-hydrogen) atoms. The van der Waals surface area contributed by atoms with E-state index in [2.05, 4.69) is 0 Å². The van der Waals surface area contributed by atoms with Crippen LogP contribution in [-0.2, 0) is 9.84 Å². The molecular formula is C11H14ClNO2S2. The zero-order valence-electron chi connectivity index (χ0n) is 9.47. The lowest BCUT2D eigenvalue weighted by atomic mass is 10.3. The second-order valence-electron chi connectivity index (χ2n) is 4.15. The zero-order valence-corrected chi connectivity index (χ0v) is 11.9. The van der Waals surface area contributed by atoms with E-state index in [0.717, 1.165) is 11.3 Å². The van der Waals surface area contributed by atoms with Crippen molar-refractivity contribution in [2.75, 3.05) is 18.6 Å². The average molecular weight is 292 g/mol. The standard InChI is InChI=1S/C11H14ClNO2S2/c1-13(10-6-7-17(14,15)8-10)16-11-4-2-9(12)3-5-11/h2-5,10H,6-8H2,1H3. The van der Waals surface area contributed by atoms with Crippen molar-refractivity contribution < 1.29 is 8.42 Å². The van der Waals surface area contributed by atoms with Crippen molar-refractivity contribution in [3.63, 3.8) is 0 Å². The third-order valence-electron chi connectivity index (χ3n) is 2.79. The summed E-state index contributed by atoms with van der Waals surface area (Å²) in [5.74, 6) is 0.577. The average Bonchev–Trinajstić information content (AvgIpc) is 2.62. The molecule has 0 aliphatic carbocycles. The first-order valence-electron chi connectivity index (χ1n) is 5.33. The molecule has 3 nitrogen and oxygen atoms in total. The van der Waals surface area contributed by atoms with E-state index in [1.807, 2.05) is 35.6 Å². The van der Waals surface area contributed by atoms with E-state index in [0.29, 0.717) is 10.8 Å². The van der Waals surface area contributed by atoms with E-state index in [1.165, 1.54) is 0 Å². The molecule has 0 bridgehead atoms. The van der Waals surface area contributed by atoms with Crippen LogP contribution in [0, 0.1) is 0 Å². The number of benzene rings is 1. The summed E-state index contributed by atoms with van der Waals surface area (Å²) in [6.07, 6.45) is 0.722.